The van der Waals surface area contributed by atoms with Crippen molar-refractivity contribution in [1.82, 2.24) is 15.0 Å². The molecule has 0 aliphatic heterocycles. The van der Waals surface area contributed by atoms with Gasteiger partial charge in [-0.15, -0.1) is 11.3 Å². The number of benzene rings is 1. The summed E-state index contributed by atoms with van der Waals surface area (Å²) in [7, 11) is 0. The summed E-state index contributed by atoms with van der Waals surface area (Å²) >= 11 is 1.36. The number of hydrogen-bond donors (Lipinski definition) is 3. The summed E-state index contributed by atoms with van der Waals surface area (Å²) in [5.74, 6) is 0.0819. The molecule has 5 rings (SSSR count). The number of anilines is 2. The number of alkyl halides is 1. The van der Waals surface area contributed by atoms with Crippen LogP contribution in [0.5, 0.6) is 0 Å². The van der Waals surface area contributed by atoms with Gasteiger partial charge in [0.25, 0.3) is 0 Å². The van der Waals surface area contributed by atoms with Gasteiger partial charge in [-0.1, -0.05) is 6.07 Å². The fourth-order valence-corrected chi connectivity index (χ4v) is 5.57. The Morgan fingerprint density at radius 3 is 2.78 bits per heavy atom. The van der Waals surface area contributed by atoms with Gasteiger partial charge in [-0.2, -0.15) is 0 Å². The quantitative estimate of drug-likeness (QED) is 0.298. The Hall–Kier alpha value is -3.69. The van der Waals surface area contributed by atoms with Crippen LogP contribution in [0.15, 0.2) is 54.9 Å². The van der Waals surface area contributed by atoms with Crippen LogP contribution in [-0.4, -0.2) is 31.1 Å². The van der Waals surface area contributed by atoms with Crippen molar-refractivity contribution in [2.24, 2.45) is 0 Å². The van der Waals surface area contributed by atoms with Crippen molar-refractivity contribution in [3.63, 3.8) is 0 Å². The molecule has 184 valence electrons. The van der Waals surface area contributed by atoms with Crippen LogP contribution in [0.4, 0.5) is 16.0 Å². The first-order valence-corrected chi connectivity index (χ1v) is 12.5. The Morgan fingerprint density at radius 2 is 2.00 bits per heavy atom. The number of hydrogen-bond acceptors (Lipinski definition) is 7. The molecule has 0 radical (unpaired) electrons. The molecule has 3 heterocycles. The van der Waals surface area contributed by atoms with E-state index in [2.05, 4.69) is 15.3 Å². The van der Waals surface area contributed by atoms with Crippen molar-refractivity contribution in [2.45, 2.75) is 44.9 Å². The van der Waals surface area contributed by atoms with Gasteiger partial charge < -0.3 is 15.5 Å². The van der Waals surface area contributed by atoms with Crippen molar-refractivity contribution in [2.75, 3.05) is 5.32 Å². The number of carboxylic acid groups (broad SMARTS) is 1. The molecule has 0 saturated heterocycles. The van der Waals surface area contributed by atoms with E-state index in [0.717, 1.165) is 22.4 Å². The standard InChI is InChI=1S/C27H25FN4O3S/c1-15-10-21(31-24(11-15)32-23-13-17(16(2)28)7-9-29-23)22-14-30-26(36-22)27(35)8-3-4-18-12-19(25(33)34)5-6-20(18)27/h5-7,9-14,16,35H,3-4,8H2,1-2H3,(H,33,34)(H,29,31,32)/t16-,27?/m0/s1. The summed E-state index contributed by atoms with van der Waals surface area (Å²) in [6, 6.07) is 12.0. The zero-order valence-corrected chi connectivity index (χ0v) is 20.6. The molecule has 36 heavy (non-hydrogen) atoms. The maximum atomic E-state index is 13.7. The highest BCUT2D eigenvalue weighted by Gasteiger charge is 2.39. The summed E-state index contributed by atoms with van der Waals surface area (Å²) in [6.45, 7) is 3.43. The van der Waals surface area contributed by atoms with Crippen molar-refractivity contribution >= 4 is 28.9 Å². The van der Waals surface area contributed by atoms with Gasteiger partial charge in [-0.3, -0.25) is 0 Å². The molecule has 0 amide bonds. The first-order chi connectivity index (χ1) is 17.2. The molecule has 4 aromatic rings. The predicted molar refractivity (Wildman–Crippen MR) is 136 cm³/mol. The van der Waals surface area contributed by atoms with E-state index in [0.29, 0.717) is 46.3 Å². The number of carbonyl (C=O) groups is 1. The summed E-state index contributed by atoms with van der Waals surface area (Å²) in [5, 5.41) is 24.7. The Morgan fingerprint density at radius 1 is 1.17 bits per heavy atom. The fourth-order valence-electron chi connectivity index (χ4n) is 4.56. The monoisotopic (exact) mass is 504 g/mol. The topological polar surface area (TPSA) is 108 Å². The van der Waals surface area contributed by atoms with Crippen molar-refractivity contribution in [3.05, 3.63) is 87.7 Å². The molecular formula is C27H25FN4O3S. The molecule has 1 aromatic carbocycles. The molecule has 0 spiro atoms. The Bertz CT molecular complexity index is 1450. The Kier molecular flexibility index (Phi) is 6.27. The van der Waals surface area contributed by atoms with Crippen molar-refractivity contribution < 1.29 is 19.4 Å². The summed E-state index contributed by atoms with van der Waals surface area (Å²) in [5.41, 5.74) is 2.65. The molecule has 0 saturated carbocycles. The molecular weight excluding hydrogens is 479 g/mol. The van der Waals surface area contributed by atoms with Crippen molar-refractivity contribution in [3.8, 4) is 10.6 Å². The molecule has 1 aliphatic rings. The highest BCUT2D eigenvalue weighted by molar-refractivity contribution is 7.15. The van der Waals surface area contributed by atoms with E-state index in [-0.39, 0.29) is 5.56 Å². The molecule has 0 bridgehead atoms. The number of aryl methyl sites for hydroxylation is 2. The zero-order valence-electron chi connectivity index (χ0n) is 19.8. The van der Waals surface area contributed by atoms with Gasteiger partial charge in [0.2, 0.25) is 0 Å². The minimum absolute atomic E-state index is 0.211. The molecule has 0 fully saturated rings. The van der Waals surface area contributed by atoms with Gasteiger partial charge in [0.1, 0.15) is 28.4 Å². The smallest absolute Gasteiger partial charge is 0.335 e. The SMILES string of the molecule is Cc1cc(Nc2cc([C@H](C)F)ccn2)nc(-c2cnc(C3(O)CCCc4cc(C(=O)O)ccc43)s2)c1. The average molecular weight is 505 g/mol. The van der Waals surface area contributed by atoms with Gasteiger partial charge in [0.15, 0.2) is 0 Å². The molecule has 3 aromatic heterocycles. The number of carboxylic acids is 1. The van der Waals surface area contributed by atoms with E-state index < -0.39 is 17.7 Å². The number of halogens is 1. The number of fused-ring (bicyclic) bond motifs is 1. The Labute approximate surface area is 211 Å². The number of aromatic carboxylic acids is 1. The first-order valence-electron chi connectivity index (χ1n) is 11.6. The van der Waals surface area contributed by atoms with Gasteiger partial charge in [0.05, 0.1) is 16.1 Å². The van der Waals surface area contributed by atoms with Crippen LogP contribution in [0, 0.1) is 6.92 Å². The van der Waals surface area contributed by atoms with E-state index in [1.807, 2.05) is 19.1 Å². The van der Waals surface area contributed by atoms with Gasteiger partial charge >= 0.3 is 5.97 Å². The van der Waals surface area contributed by atoms with Crippen LogP contribution >= 0.6 is 11.3 Å². The average Bonchev–Trinajstić information content (AvgIpc) is 3.35. The van der Waals surface area contributed by atoms with E-state index in [1.165, 1.54) is 24.3 Å². The second-order valence-electron chi connectivity index (χ2n) is 9.05. The number of rotatable bonds is 6. The summed E-state index contributed by atoms with van der Waals surface area (Å²) in [6.07, 6.45) is 4.10. The fraction of sp³-hybridized carbons (Fsp3) is 0.259. The van der Waals surface area contributed by atoms with Gasteiger partial charge in [0, 0.05) is 12.4 Å². The minimum Gasteiger partial charge on any atom is -0.478 e. The number of aliphatic hydroxyl groups is 1. The lowest BCUT2D eigenvalue weighted by molar-refractivity contribution is 0.0607. The van der Waals surface area contributed by atoms with E-state index in [1.54, 1.807) is 36.7 Å². The maximum Gasteiger partial charge on any atom is 0.335 e. The summed E-state index contributed by atoms with van der Waals surface area (Å²) in [4.78, 5) is 25.7. The third-order valence-electron chi connectivity index (χ3n) is 6.36. The second-order valence-corrected chi connectivity index (χ2v) is 10.1. The largest absolute Gasteiger partial charge is 0.478 e. The molecule has 1 aliphatic carbocycles. The molecule has 9 heteroatoms. The zero-order chi connectivity index (χ0) is 25.4. The predicted octanol–water partition coefficient (Wildman–Crippen LogP) is 5.95. The van der Waals surface area contributed by atoms with E-state index in [4.69, 9.17) is 4.98 Å². The van der Waals surface area contributed by atoms with Crippen LogP contribution in [0.2, 0.25) is 0 Å². The minimum atomic E-state index is -1.29. The Balaban J connectivity index is 1.46. The van der Waals surface area contributed by atoms with E-state index >= 15 is 0 Å². The normalized spacial score (nSPS) is 17.9. The molecule has 2 atom stereocenters. The number of pyridine rings is 2. The van der Waals surface area contributed by atoms with Crippen LogP contribution in [-0.2, 0) is 12.0 Å². The highest BCUT2D eigenvalue weighted by Crippen LogP contribution is 2.43. The van der Waals surface area contributed by atoms with Crippen molar-refractivity contribution in [1.29, 1.82) is 0 Å². The number of aromatic nitrogens is 3. The lowest BCUT2D eigenvalue weighted by Gasteiger charge is -2.33. The van der Waals surface area contributed by atoms with Crippen LogP contribution < -0.4 is 5.32 Å². The third-order valence-corrected chi connectivity index (χ3v) is 7.53. The highest BCUT2D eigenvalue weighted by atomic mass is 32.1. The van der Waals surface area contributed by atoms with E-state index in [9.17, 15) is 19.4 Å². The molecule has 1 unspecified atom stereocenters. The second kappa shape index (κ2) is 9.40. The number of nitrogens with one attached hydrogen (secondary N) is 1. The van der Waals surface area contributed by atoms with Crippen LogP contribution in [0.1, 0.15) is 63.6 Å². The first kappa shape index (κ1) is 24.0. The molecule has 7 nitrogen and oxygen atoms in total. The lowest BCUT2D eigenvalue weighted by atomic mass is 9.79. The van der Waals surface area contributed by atoms with Crippen LogP contribution in [0.25, 0.3) is 10.6 Å². The lowest BCUT2D eigenvalue weighted by Crippen LogP contribution is -2.32. The third kappa shape index (κ3) is 4.59. The number of thiazole rings is 1. The van der Waals surface area contributed by atoms with Gasteiger partial charge in [-0.05, 0) is 91.8 Å². The molecule has 3 N–H and O–H groups in total. The maximum absolute atomic E-state index is 13.7. The number of nitrogens with zero attached hydrogens (tertiary/aromatic N) is 3. The van der Waals surface area contributed by atoms with Crippen LogP contribution in [0.3, 0.4) is 0 Å². The summed E-state index contributed by atoms with van der Waals surface area (Å²) < 4.78 is 13.7. The van der Waals surface area contributed by atoms with Gasteiger partial charge in [-0.25, -0.2) is 24.1 Å².